The van der Waals surface area contributed by atoms with Gasteiger partial charge in [0, 0.05) is 6.42 Å². The van der Waals surface area contributed by atoms with Crippen LogP contribution in [0.15, 0.2) is 47.6 Å². The second kappa shape index (κ2) is 8.65. The van der Waals surface area contributed by atoms with Crippen LogP contribution in [0.2, 0.25) is 0 Å². The summed E-state index contributed by atoms with van der Waals surface area (Å²) in [5, 5.41) is 30.5. The van der Waals surface area contributed by atoms with Crippen LogP contribution in [0.5, 0.6) is 0 Å². The molecule has 4 aliphatic rings. The molecular formula is C28H42O3. The molecule has 4 rings (SSSR count). The van der Waals surface area contributed by atoms with E-state index in [0.717, 1.165) is 17.6 Å². The summed E-state index contributed by atoms with van der Waals surface area (Å²) in [6.45, 7) is 11.4. The van der Waals surface area contributed by atoms with Crippen LogP contribution in [0.1, 0.15) is 78.6 Å². The van der Waals surface area contributed by atoms with E-state index in [1.54, 1.807) is 0 Å². The first-order valence-electron chi connectivity index (χ1n) is 12.5. The molecule has 31 heavy (non-hydrogen) atoms. The van der Waals surface area contributed by atoms with E-state index in [2.05, 4.69) is 51.7 Å². The minimum atomic E-state index is -0.630. The predicted molar refractivity (Wildman–Crippen MR) is 126 cm³/mol. The topological polar surface area (TPSA) is 60.7 Å². The van der Waals surface area contributed by atoms with Gasteiger partial charge in [0.05, 0.1) is 18.3 Å². The van der Waals surface area contributed by atoms with Crippen molar-refractivity contribution in [2.45, 2.75) is 96.9 Å². The van der Waals surface area contributed by atoms with Crippen LogP contribution in [0.25, 0.3) is 0 Å². The molecule has 0 aromatic carbocycles. The number of aliphatic hydroxyl groups is 3. The minimum Gasteiger partial charge on any atom is -0.393 e. The highest BCUT2D eigenvalue weighted by atomic mass is 16.3. The van der Waals surface area contributed by atoms with Crippen molar-refractivity contribution in [2.24, 2.45) is 28.6 Å². The molecular weight excluding hydrogens is 384 g/mol. The predicted octanol–water partition coefficient (Wildman–Crippen LogP) is 5.48. The van der Waals surface area contributed by atoms with Gasteiger partial charge < -0.3 is 15.3 Å². The molecule has 0 spiro atoms. The maximum absolute atomic E-state index is 10.3. The number of hydrogen-bond donors (Lipinski definition) is 3. The summed E-state index contributed by atoms with van der Waals surface area (Å²) in [5.74, 6) is 1.60. The van der Waals surface area contributed by atoms with Crippen molar-refractivity contribution >= 4 is 0 Å². The van der Waals surface area contributed by atoms with Gasteiger partial charge in [-0.05, 0) is 91.1 Å². The van der Waals surface area contributed by atoms with Gasteiger partial charge in [-0.15, -0.1) is 0 Å². The molecule has 0 unspecified atom stereocenters. The third kappa shape index (κ3) is 4.26. The zero-order valence-electron chi connectivity index (χ0n) is 19.7. The van der Waals surface area contributed by atoms with E-state index >= 15 is 0 Å². The number of hydrogen-bond acceptors (Lipinski definition) is 3. The summed E-state index contributed by atoms with van der Waals surface area (Å²) in [5.41, 5.74) is 3.72. The smallest absolute Gasteiger partial charge is 0.0811 e. The van der Waals surface area contributed by atoms with Gasteiger partial charge in [0.25, 0.3) is 0 Å². The lowest BCUT2D eigenvalue weighted by atomic mass is 9.53. The Labute approximate surface area is 188 Å². The van der Waals surface area contributed by atoms with Gasteiger partial charge in [-0.1, -0.05) is 57.2 Å². The van der Waals surface area contributed by atoms with Crippen molar-refractivity contribution in [1.82, 2.24) is 0 Å². The summed E-state index contributed by atoms with van der Waals surface area (Å²) in [7, 11) is 0. The lowest BCUT2D eigenvalue weighted by Gasteiger charge is -2.51. The molecule has 172 valence electrons. The zero-order valence-corrected chi connectivity index (χ0v) is 19.7. The highest BCUT2D eigenvalue weighted by Gasteiger charge is 2.57. The van der Waals surface area contributed by atoms with E-state index in [1.165, 1.54) is 44.1 Å². The molecule has 0 amide bonds. The van der Waals surface area contributed by atoms with Crippen molar-refractivity contribution in [1.29, 1.82) is 0 Å². The maximum atomic E-state index is 10.3. The molecule has 0 heterocycles. The van der Waals surface area contributed by atoms with Gasteiger partial charge in [0.1, 0.15) is 0 Å². The lowest BCUT2D eigenvalue weighted by molar-refractivity contribution is 0.0455. The van der Waals surface area contributed by atoms with Gasteiger partial charge in [0.2, 0.25) is 0 Å². The van der Waals surface area contributed by atoms with Crippen LogP contribution in [0.3, 0.4) is 0 Å². The van der Waals surface area contributed by atoms with Crippen molar-refractivity contribution in [3.05, 3.63) is 47.6 Å². The Morgan fingerprint density at radius 1 is 1.06 bits per heavy atom. The number of allylic oxidation sites excluding steroid dienone is 4. The van der Waals surface area contributed by atoms with Gasteiger partial charge in [-0.3, -0.25) is 0 Å². The van der Waals surface area contributed by atoms with Crippen molar-refractivity contribution in [3.63, 3.8) is 0 Å². The lowest BCUT2D eigenvalue weighted by Crippen LogP contribution is -2.42. The first-order valence-corrected chi connectivity index (χ1v) is 12.5. The second-order valence-corrected chi connectivity index (χ2v) is 11.3. The Hall–Kier alpha value is -1.16. The first kappa shape index (κ1) is 23.0. The quantitative estimate of drug-likeness (QED) is 0.510. The zero-order chi connectivity index (χ0) is 22.4. The SMILES string of the molecule is C=C1/C(=C\C=C2/CCC[C@]3(C)[C@@H]([C@H](C)/C=C/[C@@H](O)C4CC4)CC[C@@]23C)C[C@@H](O)C[C@@H]1O. The number of rotatable bonds is 5. The fourth-order valence-electron chi connectivity index (χ4n) is 6.96. The van der Waals surface area contributed by atoms with Gasteiger partial charge >= 0.3 is 0 Å². The van der Waals surface area contributed by atoms with Gasteiger partial charge in [0.15, 0.2) is 0 Å². The highest BCUT2D eigenvalue weighted by Crippen LogP contribution is 2.66. The summed E-state index contributed by atoms with van der Waals surface area (Å²) in [6.07, 6.45) is 16.8. The van der Waals surface area contributed by atoms with Crippen LogP contribution < -0.4 is 0 Å². The molecule has 0 aromatic heterocycles. The van der Waals surface area contributed by atoms with Crippen LogP contribution in [-0.4, -0.2) is 33.6 Å². The molecule has 7 atom stereocenters. The van der Waals surface area contributed by atoms with Crippen LogP contribution >= 0.6 is 0 Å². The van der Waals surface area contributed by atoms with E-state index in [1.807, 2.05) is 0 Å². The largest absolute Gasteiger partial charge is 0.393 e. The number of aliphatic hydroxyl groups excluding tert-OH is 3. The van der Waals surface area contributed by atoms with Gasteiger partial charge in [-0.25, -0.2) is 0 Å². The standard InChI is InChI=1S/C28H42O3/c1-18(7-12-25(30)20-8-9-20)24-13-15-27(3)22(6-5-14-28(24,27)4)11-10-21-16-23(29)17-26(31)19(21)2/h7,10-12,18,20,23-26,29-31H,2,5-6,8-9,13-17H2,1,3-4H3/b12-7+,21-10-,22-11+/t18-,23-,24-,25-,26+,27+,28-/m1/s1. The number of fused-ring (bicyclic) bond motifs is 1. The molecule has 3 N–H and O–H groups in total. The Balaban J connectivity index is 1.54. The van der Waals surface area contributed by atoms with Gasteiger partial charge in [-0.2, -0.15) is 0 Å². The Morgan fingerprint density at radius 2 is 1.81 bits per heavy atom. The minimum absolute atomic E-state index is 0.178. The van der Waals surface area contributed by atoms with Crippen LogP contribution in [0, 0.1) is 28.6 Å². The van der Waals surface area contributed by atoms with E-state index in [0.29, 0.717) is 30.6 Å². The molecule has 0 radical (unpaired) electrons. The average molecular weight is 427 g/mol. The monoisotopic (exact) mass is 426 g/mol. The highest BCUT2D eigenvalue weighted by molar-refractivity contribution is 5.39. The molecule has 3 nitrogen and oxygen atoms in total. The molecule has 0 saturated heterocycles. The van der Waals surface area contributed by atoms with Crippen molar-refractivity contribution in [3.8, 4) is 0 Å². The Kier molecular flexibility index (Phi) is 6.42. The molecule has 4 fully saturated rings. The summed E-state index contributed by atoms with van der Waals surface area (Å²) >= 11 is 0. The maximum Gasteiger partial charge on any atom is 0.0811 e. The van der Waals surface area contributed by atoms with E-state index in [9.17, 15) is 15.3 Å². The fourth-order valence-corrected chi connectivity index (χ4v) is 6.96. The Morgan fingerprint density at radius 3 is 2.52 bits per heavy atom. The Bertz CT molecular complexity index is 788. The third-order valence-corrected chi connectivity index (χ3v) is 9.49. The fraction of sp³-hybridized carbons (Fsp3) is 0.714. The second-order valence-electron chi connectivity index (χ2n) is 11.3. The summed E-state index contributed by atoms with van der Waals surface area (Å²) in [4.78, 5) is 0. The molecule has 4 aliphatic carbocycles. The average Bonchev–Trinajstić information content (AvgIpc) is 3.52. The normalized spacial score (nSPS) is 43.5. The van der Waals surface area contributed by atoms with E-state index < -0.39 is 12.2 Å². The van der Waals surface area contributed by atoms with E-state index in [-0.39, 0.29) is 16.9 Å². The summed E-state index contributed by atoms with van der Waals surface area (Å²) < 4.78 is 0. The molecule has 4 saturated carbocycles. The molecule has 0 aromatic rings. The van der Waals surface area contributed by atoms with E-state index in [4.69, 9.17) is 0 Å². The molecule has 3 heteroatoms. The van der Waals surface area contributed by atoms with Crippen molar-refractivity contribution < 1.29 is 15.3 Å². The molecule has 0 aliphatic heterocycles. The van der Waals surface area contributed by atoms with Crippen molar-refractivity contribution in [2.75, 3.05) is 0 Å². The summed E-state index contributed by atoms with van der Waals surface area (Å²) in [6, 6.07) is 0. The first-order chi connectivity index (χ1) is 14.7. The van der Waals surface area contributed by atoms with Crippen LogP contribution in [0.4, 0.5) is 0 Å². The third-order valence-electron chi connectivity index (χ3n) is 9.49. The van der Waals surface area contributed by atoms with Crippen LogP contribution in [-0.2, 0) is 0 Å². The molecule has 0 bridgehead atoms.